The highest BCUT2D eigenvalue weighted by Crippen LogP contribution is 2.32. The van der Waals surface area contributed by atoms with Crippen LogP contribution in [0.3, 0.4) is 0 Å². The quantitative estimate of drug-likeness (QED) is 0.322. The van der Waals surface area contributed by atoms with Crippen molar-refractivity contribution in [1.82, 2.24) is 10.2 Å². The van der Waals surface area contributed by atoms with Gasteiger partial charge in [0.15, 0.2) is 11.5 Å². The minimum atomic E-state index is -0.321. The molecule has 2 aromatic rings. The molecule has 0 bridgehead atoms. The third kappa shape index (κ3) is 5.96. The van der Waals surface area contributed by atoms with Crippen LogP contribution in [-0.2, 0) is 16.1 Å². The number of nitrogens with zero attached hydrogens (tertiary/aromatic N) is 5. The first-order valence-corrected chi connectivity index (χ1v) is 12.5. The van der Waals surface area contributed by atoms with Crippen molar-refractivity contribution in [1.29, 1.82) is 0 Å². The number of guanidine groups is 1. The van der Waals surface area contributed by atoms with Crippen molar-refractivity contribution >= 4 is 29.5 Å². The molecule has 12 heteroatoms. The van der Waals surface area contributed by atoms with Crippen LogP contribution in [0.25, 0.3) is 0 Å². The fraction of sp³-hybridized carbons (Fsp3) is 0.385. The molecular weight excluding hydrogens is 493 g/mol. The van der Waals surface area contributed by atoms with Gasteiger partial charge in [0.05, 0.1) is 17.9 Å². The maximum atomic E-state index is 15.0. The molecule has 2 aromatic carbocycles. The van der Waals surface area contributed by atoms with Gasteiger partial charge >= 0.3 is 0 Å². The lowest BCUT2D eigenvalue weighted by atomic mass is 10.0. The summed E-state index contributed by atoms with van der Waals surface area (Å²) in [5, 5.41) is 15.0. The molecule has 1 amide bonds. The van der Waals surface area contributed by atoms with Gasteiger partial charge < -0.3 is 35.2 Å². The van der Waals surface area contributed by atoms with Crippen molar-refractivity contribution in [2.24, 2.45) is 21.1 Å². The van der Waals surface area contributed by atoms with Gasteiger partial charge in [-0.15, -0.1) is 5.10 Å². The molecule has 3 heterocycles. The smallest absolute Gasteiger partial charge is 0.231 e. The molecule has 1 fully saturated rings. The molecule has 1 unspecified atom stereocenters. The second-order valence-electron chi connectivity index (χ2n) is 9.19. The third-order valence-corrected chi connectivity index (χ3v) is 6.54. The Morgan fingerprint density at radius 2 is 2.00 bits per heavy atom. The SMILES string of the molecule is CC(=O)NCC1CC(c2ccc(N3CCN(/C(N)=N\N=CCc4ccc5c(c4)OCO5)CC3)c(F)c2)=NO1. The predicted octanol–water partition coefficient (Wildman–Crippen LogP) is 1.85. The highest BCUT2D eigenvalue weighted by Gasteiger charge is 2.25. The van der Waals surface area contributed by atoms with Gasteiger partial charge in [0.1, 0.15) is 11.9 Å². The monoisotopic (exact) mass is 523 g/mol. The number of nitrogens with two attached hydrogens (primary N) is 1. The zero-order valence-corrected chi connectivity index (χ0v) is 21.1. The maximum absolute atomic E-state index is 15.0. The summed E-state index contributed by atoms with van der Waals surface area (Å²) >= 11 is 0. The molecule has 0 aromatic heterocycles. The van der Waals surface area contributed by atoms with E-state index in [1.165, 1.54) is 13.0 Å². The Hall–Kier alpha value is -4.35. The zero-order chi connectivity index (χ0) is 26.5. The molecule has 0 saturated carbocycles. The Balaban J connectivity index is 1.10. The number of benzene rings is 2. The van der Waals surface area contributed by atoms with E-state index in [-0.39, 0.29) is 24.6 Å². The van der Waals surface area contributed by atoms with E-state index < -0.39 is 0 Å². The van der Waals surface area contributed by atoms with Crippen LogP contribution >= 0.6 is 0 Å². The zero-order valence-electron chi connectivity index (χ0n) is 21.1. The van der Waals surface area contributed by atoms with Crippen LogP contribution in [0, 0.1) is 5.82 Å². The molecule has 0 spiro atoms. The van der Waals surface area contributed by atoms with Crippen molar-refractivity contribution < 1.29 is 23.5 Å². The van der Waals surface area contributed by atoms with Crippen molar-refractivity contribution in [3.05, 3.63) is 53.3 Å². The number of piperazine rings is 1. The highest BCUT2D eigenvalue weighted by atomic mass is 19.1. The predicted molar refractivity (Wildman–Crippen MR) is 141 cm³/mol. The average molecular weight is 524 g/mol. The number of fused-ring (bicyclic) bond motifs is 1. The van der Waals surface area contributed by atoms with Crippen LogP contribution in [0.1, 0.15) is 24.5 Å². The molecule has 38 heavy (non-hydrogen) atoms. The van der Waals surface area contributed by atoms with E-state index in [2.05, 4.69) is 20.7 Å². The van der Waals surface area contributed by atoms with Gasteiger partial charge in [0.25, 0.3) is 0 Å². The number of amides is 1. The van der Waals surface area contributed by atoms with E-state index in [4.69, 9.17) is 20.0 Å². The summed E-state index contributed by atoms with van der Waals surface area (Å²) in [6, 6.07) is 10.8. The molecule has 3 aliphatic rings. The van der Waals surface area contributed by atoms with Crippen LogP contribution in [0.2, 0.25) is 0 Å². The number of carbonyl (C=O) groups is 1. The number of rotatable bonds is 7. The van der Waals surface area contributed by atoms with Crippen molar-refractivity contribution in [3.63, 3.8) is 0 Å². The lowest BCUT2D eigenvalue weighted by Gasteiger charge is -2.36. The van der Waals surface area contributed by atoms with E-state index in [0.717, 1.165) is 17.1 Å². The number of carbonyl (C=O) groups excluding carboxylic acids is 1. The first-order chi connectivity index (χ1) is 18.5. The second-order valence-corrected chi connectivity index (χ2v) is 9.19. The standard InChI is InChI=1S/C26H30FN7O4/c1-17(35)29-15-20-14-22(32-38-20)19-3-4-23(21(27)13-19)33-8-10-34(11-9-33)26(28)31-30-7-6-18-2-5-24-25(12-18)37-16-36-24/h2-5,7,12-13,20H,6,8-11,14-16H2,1H3,(H2,28,31)(H,29,35). The minimum absolute atomic E-state index is 0.129. The molecule has 3 aliphatic heterocycles. The molecule has 5 rings (SSSR count). The number of hydrogen-bond acceptors (Lipinski definition) is 8. The largest absolute Gasteiger partial charge is 0.454 e. The van der Waals surface area contributed by atoms with E-state index in [1.807, 2.05) is 34.1 Å². The molecule has 3 N–H and O–H groups in total. The number of oxime groups is 1. The maximum Gasteiger partial charge on any atom is 0.231 e. The van der Waals surface area contributed by atoms with Crippen LogP contribution in [-0.4, -0.2) is 74.3 Å². The van der Waals surface area contributed by atoms with Crippen molar-refractivity contribution in [2.45, 2.75) is 25.9 Å². The summed E-state index contributed by atoms with van der Waals surface area (Å²) < 4.78 is 25.7. The molecule has 0 aliphatic carbocycles. The van der Waals surface area contributed by atoms with E-state index in [0.29, 0.717) is 68.5 Å². The lowest BCUT2D eigenvalue weighted by molar-refractivity contribution is -0.119. The summed E-state index contributed by atoms with van der Waals surface area (Å²) in [7, 11) is 0. The number of halogens is 1. The Bertz CT molecular complexity index is 1270. The normalized spacial score (nSPS) is 19.1. The third-order valence-electron chi connectivity index (χ3n) is 6.54. The van der Waals surface area contributed by atoms with E-state index in [1.54, 1.807) is 12.3 Å². The topological polar surface area (TPSA) is 126 Å². The van der Waals surface area contributed by atoms with Gasteiger partial charge in [-0.1, -0.05) is 17.3 Å². The number of nitrogens with one attached hydrogen (secondary N) is 1. The first kappa shape index (κ1) is 25.3. The molecule has 1 saturated heterocycles. The van der Waals surface area contributed by atoms with Crippen LogP contribution in [0.4, 0.5) is 10.1 Å². The van der Waals surface area contributed by atoms with Gasteiger partial charge in [-0.3, -0.25) is 4.79 Å². The molecule has 0 radical (unpaired) electrons. The van der Waals surface area contributed by atoms with Crippen molar-refractivity contribution in [3.8, 4) is 11.5 Å². The van der Waals surface area contributed by atoms with Gasteiger partial charge in [-0.05, 0) is 29.8 Å². The lowest BCUT2D eigenvalue weighted by Crippen LogP contribution is -2.51. The summed E-state index contributed by atoms with van der Waals surface area (Å²) in [4.78, 5) is 20.4. The summed E-state index contributed by atoms with van der Waals surface area (Å²) in [5.74, 6) is 1.36. The van der Waals surface area contributed by atoms with Crippen LogP contribution in [0.15, 0.2) is 51.8 Å². The average Bonchev–Trinajstić information content (AvgIpc) is 3.59. The van der Waals surface area contributed by atoms with E-state index in [9.17, 15) is 4.79 Å². The van der Waals surface area contributed by atoms with Gasteiger partial charge in [-0.2, -0.15) is 5.10 Å². The molecule has 1 atom stereocenters. The van der Waals surface area contributed by atoms with Crippen LogP contribution in [0.5, 0.6) is 11.5 Å². The van der Waals surface area contributed by atoms with Gasteiger partial charge in [0.2, 0.25) is 18.7 Å². The number of ether oxygens (including phenoxy) is 2. The minimum Gasteiger partial charge on any atom is -0.454 e. The molecule has 11 nitrogen and oxygen atoms in total. The molecule has 200 valence electrons. The number of anilines is 1. The summed E-state index contributed by atoms with van der Waals surface area (Å²) in [6.07, 6.45) is 2.55. The fourth-order valence-corrected chi connectivity index (χ4v) is 4.46. The fourth-order valence-electron chi connectivity index (χ4n) is 4.46. The highest BCUT2D eigenvalue weighted by molar-refractivity contribution is 6.01. The Morgan fingerprint density at radius 3 is 2.79 bits per heavy atom. The summed E-state index contributed by atoms with van der Waals surface area (Å²) in [5.41, 5.74) is 9.04. The second kappa shape index (κ2) is 11.4. The van der Waals surface area contributed by atoms with Crippen LogP contribution < -0.4 is 25.4 Å². The van der Waals surface area contributed by atoms with Crippen molar-refractivity contribution in [2.75, 3.05) is 44.4 Å². The van der Waals surface area contributed by atoms with E-state index >= 15 is 4.39 Å². The van der Waals surface area contributed by atoms with Gasteiger partial charge in [-0.25, -0.2) is 4.39 Å². The Kier molecular flexibility index (Phi) is 7.57. The molecular formula is C26H30FN7O4. The van der Waals surface area contributed by atoms with Gasteiger partial charge in [0, 0.05) is 57.7 Å². The number of hydrogen-bond donors (Lipinski definition) is 2. The summed E-state index contributed by atoms with van der Waals surface area (Å²) in [6.45, 7) is 4.44. The Labute approximate surface area is 219 Å². The first-order valence-electron chi connectivity index (χ1n) is 12.5. The Morgan fingerprint density at radius 1 is 1.18 bits per heavy atom.